The number of H-pyrrole nitrogens is 1. The summed E-state index contributed by atoms with van der Waals surface area (Å²) in [5.41, 5.74) is 0.989. The van der Waals surface area contributed by atoms with Gasteiger partial charge in [0.2, 0.25) is 0 Å². The van der Waals surface area contributed by atoms with E-state index < -0.39 is 11.7 Å². The zero-order valence-electron chi connectivity index (χ0n) is 11.1. The predicted molar refractivity (Wildman–Crippen MR) is 84.4 cm³/mol. The van der Waals surface area contributed by atoms with Crippen LogP contribution in [0.1, 0.15) is 10.4 Å². The third-order valence-corrected chi connectivity index (χ3v) is 3.73. The number of anilines is 1. The normalized spacial score (nSPS) is 10.6. The summed E-state index contributed by atoms with van der Waals surface area (Å²) in [4.78, 5) is 30.4. The molecule has 0 aliphatic carbocycles. The van der Waals surface area contributed by atoms with Gasteiger partial charge in [-0.25, -0.2) is 9.37 Å². The smallest absolute Gasteiger partial charge is 0.258 e. The Kier molecular flexibility index (Phi) is 3.72. The van der Waals surface area contributed by atoms with Gasteiger partial charge in [-0.15, -0.1) is 0 Å². The number of amides is 1. The van der Waals surface area contributed by atoms with Crippen molar-refractivity contribution in [1.82, 2.24) is 9.97 Å². The van der Waals surface area contributed by atoms with E-state index in [0.717, 1.165) is 0 Å². The van der Waals surface area contributed by atoms with Crippen LogP contribution in [0.3, 0.4) is 0 Å². The average Bonchev–Trinajstić information content (AvgIpc) is 2.48. The van der Waals surface area contributed by atoms with Gasteiger partial charge in [-0.1, -0.05) is 0 Å². The molecule has 0 atom stereocenters. The van der Waals surface area contributed by atoms with E-state index >= 15 is 0 Å². The third-order valence-electron chi connectivity index (χ3n) is 3.07. The largest absolute Gasteiger partial charge is 0.322 e. The van der Waals surface area contributed by atoms with Crippen LogP contribution in [-0.4, -0.2) is 15.9 Å². The molecule has 0 fully saturated rings. The van der Waals surface area contributed by atoms with Crippen molar-refractivity contribution in [3.05, 3.63) is 68.9 Å². The molecule has 0 aliphatic heterocycles. The number of hydrogen-bond acceptors (Lipinski definition) is 3. The van der Waals surface area contributed by atoms with Gasteiger partial charge < -0.3 is 10.3 Å². The summed E-state index contributed by atoms with van der Waals surface area (Å²) in [6, 6.07) is 8.61. The molecule has 1 aromatic heterocycles. The lowest BCUT2D eigenvalue weighted by Crippen LogP contribution is -2.13. The SMILES string of the molecule is O=C(Nc1ccc2nc[nH]c(=O)c2c1)c1ccc(F)cc1Br. The molecule has 0 spiro atoms. The Morgan fingerprint density at radius 3 is 2.82 bits per heavy atom. The molecular weight excluding hydrogens is 353 g/mol. The van der Waals surface area contributed by atoms with Crippen LogP contribution in [0.2, 0.25) is 0 Å². The second-order valence-corrected chi connectivity index (χ2v) is 5.40. The summed E-state index contributed by atoms with van der Waals surface area (Å²) < 4.78 is 13.4. The summed E-state index contributed by atoms with van der Waals surface area (Å²) in [6.45, 7) is 0. The molecule has 110 valence electrons. The highest BCUT2D eigenvalue weighted by atomic mass is 79.9. The molecule has 1 heterocycles. The van der Waals surface area contributed by atoms with Crippen LogP contribution in [0.25, 0.3) is 10.9 Å². The first-order chi connectivity index (χ1) is 10.5. The summed E-state index contributed by atoms with van der Waals surface area (Å²) in [5.74, 6) is -0.849. The van der Waals surface area contributed by atoms with Crippen molar-refractivity contribution < 1.29 is 9.18 Å². The monoisotopic (exact) mass is 361 g/mol. The lowest BCUT2D eigenvalue weighted by Gasteiger charge is -2.07. The first kappa shape index (κ1) is 14.4. The Morgan fingerprint density at radius 2 is 2.05 bits per heavy atom. The van der Waals surface area contributed by atoms with Crippen molar-refractivity contribution in [3.63, 3.8) is 0 Å². The van der Waals surface area contributed by atoms with Crippen LogP contribution in [0, 0.1) is 5.82 Å². The average molecular weight is 362 g/mol. The Labute approximate surface area is 132 Å². The maximum absolute atomic E-state index is 13.0. The number of aromatic amines is 1. The lowest BCUT2D eigenvalue weighted by atomic mass is 10.2. The fraction of sp³-hybridized carbons (Fsp3) is 0. The van der Waals surface area contributed by atoms with Gasteiger partial charge in [-0.3, -0.25) is 9.59 Å². The van der Waals surface area contributed by atoms with Crippen LogP contribution < -0.4 is 10.9 Å². The predicted octanol–water partition coefficient (Wildman–Crippen LogP) is 3.08. The van der Waals surface area contributed by atoms with Crippen molar-refractivity contribution in [3.8, 4) is 0 Å². The molecule has 3 rings (SSSR count). The quantitative estimate of drug-likeness (QED) is 0.736. The number of rotatable bonds is 2. The van der Waals surface area contributed by atoms with E-state index in [9.17, 15) is 14.0 Å². The van der Waals surface area contributed by atoms with Crippen LogP contribution >= 0.6 is 15.9 Å². The summed E-state index contributed by atoms with van der Waals surface area (Å²) in [6.07, 6.45) is 1.32. The maximum atomic E-state index is 13.0. The Morgan fingerprint density at radius 1 is 1.23 bits per heavy atom. The highest BCUT2D eigenvalue weighted by Crippen LogP contribution is 2.20. The van der Waals surface area contributed by atoms with E-state index in [-0.39, 0.29) is 5.56 Å². The zero-order chi connectivity index (χ0) is 15.7. The van der Waals surface area contributed by atoms with Crippen LogP contribution in [0.15, 0.2) is 52.0 Å². The van der Waals surface area contributed by atoms with Crippen LogP contribution in [0.4, 0.5) is 10.1 Å². The minimum Gasteiger partial charge on any atom is -0.322 e. The van der Waals surface area contributed by atoms with E-state index in [1.165, 1.54) is 30.6 Å². The van der Waals surface area contributed by atoms with Crippen LogP contribution in [0.5, 0.6) is 0 Å². The third kappa shape index (κ3) is 2.75. The molecule has 0 saturated heterocycles. The van der Waals surface area contributed by atoms with Gasteiger partial charge in [0, 0.05) is 10.2 Å². The van der Waals surface area contributed by atoms with Crippen molar-refractivity contribution in [2.45, 2.75) is 0 Å². The molecule has 0 unspecified atom stereocenters. The Balaban J connectivity index is 1.94. The Hall–Kier alpha value is -2.54. The van der Waals surface area contributed by atoms with Gasteiger partial charge in [0.25, 0.3) is 11.5 Å². The molecule has 2 aromatic carbocycles. The van der Waals surface area contributed by atoms with E-state index in [2.05, 4.69) is 31.2 Å². The topological polar surface area (TPSA) is 74.8 Å². The number of carbonyl (C=O) groups is 1. The van der Waals surface area contributed by atoms with E-state index in [1.54, 1.807) is 12.1 Å². The first-order valence-corrected chi connectivity index (χ1v) is 7.08. The van der Waals surface area contributed by atoms with Gasteiger partial charge in [-0.05, 0) is 52.3 Å². The number of aromatic nitrogens is 2. The Bertz CT molecular complexity index is 939. The number of benzene rings is 2. The molecule has 0 bridgehead atoms. The van der Waals surface area contributed by atoms with Gasteiger partial charge in [0.1, 0.15) is 5.82 Å². The highest BCUT2D eigenvalue weighted by Gasteiger charge is 2.11. The second kappa shape index (κ2) is 5.69. The highest BCUT2D eigenvalue weighted by molar-refractivity contribution is 9.10. The minimum absolute atomic E-state index is 0.288. The van der Waals surface area contributed by atoms with Gasteiger partial charge >= 0.3 is 0 Å². The summed E-state index contributed by atoms with van der Waals surface area (Å²) in [5, 5.41) is 3.04. The van der Waals surface area contributed by atoms with Gasteiger partial charge in [0.15, 0.2) is 0 Å². The second-order valence-electron chi connectivity index (χ2n) is 4.54. The number of hydrogen-bond donors (Lipinski definition) is 2. The maximum Gasteiger partial charge on any atom is 0.258 e. The van der Waals surface area contributed by atoms with Crippen molar-refractivity contribution in [1.29, 1.82) is 0 Å². The minimum atomic E-state index is -0.438. The van der Waals surface area contributed by atoms with Gasteiger partial charge in [0.05, 0.1) is 22.8 Å². The molecule has 7 heteroatoms. The molecule has 0 aliphatic rings. The van der Waals surface area contributed by atoms with E-state index in [1.807, 2.05) is 0 Å². The zero-order valence-corrected chi connectivity index (χ0v) is 12.6. The molecule has 3 aromatic rings. The number of nitrogens with one attached hydrogen (secondary N) is 2. The molecule has 22 heavy (non-hydrogen) atoms. The standard InChI is InChI=1S/C15H9BrFN3O2/c16-12-5-8(17)1-3-10(12)15(22)20-9-2-4-13-11(6-9)14(21)19-7-18-13/h1-7H,(H,20,22)(H,18,19,21). The summed E-state index contributed by atoms with van der Waals surface area (Å²) in [7, 11) is 0. The van der Waals surface area contributed by atoms with Crippen molar-refractivity contribution in [2.75, 3.05) is 5.32 Å². The lowest BCUT2D eigenvalue weighted by molar-refractivity contribution is 0.102. The van der Waals surface area contributed by atoms with E-state index in [4.69, 9.17) is 0 Å². The molecule has 1 amide bonds. The number of nitrogens with zero attached hydrogens (tertiary/aromatic N) is 1. The van der Waals surface area contributed by atoms with E-state index in [0.29, 0.717) is 26.6 Å². The first-order valence-electron chi connectivity index (χ1n) is 6.28. The fourth-order valence-electron chi connectivity index (χ4n) is 2.02. The molecule has 5 nitrogen and oxygen atoms in total. The molecule has 0 radical (unpaired) electrons. The number of carbonyl (C=O) groups excluding carboxylic acids is 1. The molecule has 0 saturated carbocycles. The summed E-state index contributed by atoms with van der Waals surface area (Å²) >= 11 is 3.15. The van der Waals surface area contributed by atoms with Crippen molar-refractivity contribution in [2.24, 2.45) is 0 Å². The molecular formula is C15H9BrFN3O2. The van der Waals surface area contributed by atoms with Gasteiger partial charge in [-0.2, -0.15) is 0 Å². The number of fused-ring (bicyclic) bond motifs is 1. The van der Waals surface area contributed by atoms with Crippen LogP contribution in [-0.2, 0) is 0 Å². The fourth-order valence-corrected chi connectivity index (χ4v) is 2.55. The molecule has 2 N–H and O–H groups in total. The number of halogens is 2. The van der Waals surface area contributed by atoms with Crippen molar-refractivity contribution >= 4 is 38.4 Å².